The quantitative estimate of drug-likeness (QED) is 0.747. The summed E-state index contributed by atoms with van der Waals surface area (Å²) in [6, 6.07) is 0.204. The minimum Gasteiger partial charge on any atom is -0.368 e. The Morgan fingerprint density at radius 1 is 1.50 bits per heavy atom. The summed E-state index contributed by atoms with van der Waals surface area (Å²) < 4.78 is 7.36. The molecule has 0 N–H and O–H groups in total. The van der Waals surface area contributed by atoms with Crippen molar-refractivity contribution in [1.82, 2.24) is 14.8 Å². The topological polar surface area (TPSA) is 57.0 Å². The van der Waals surface area contributed by atoms with Gasteiger partial charge >= 0.3 is 0 Å². The van der Waals surface area contributed by atoms with Gasteiger partial charge in [0.25, 0.3) is 0 Å². The molecule has 0 spiro atoms. The maximum absolute atomic E-state index is 12.3. The number of ketones is 1. The van der Waals surface area contributed by atoms with Crippen molar-refractivity contribution in [2.24, 2.45) is 0 Å². The van der Waals surface area contributed by atoms with Gasteiger partial charge in [-0.05, 0) is 34.1 Å². The average molecular weight is 253 g/mol. The number of carbonyl (C=O) groups excluding carboxylic acids is 1. The van der Waals surface area contributed by atoms with Crippen molar-refractivity contribution in [3.8, 4) is 0 Å². The van der Waals surface area contributed by atoms with Crippen LogP contribution in [0.5, 0.6) is 0 Å². The van der Waals surface area contributed by atoms with Crippen LogP contribution in [0.1, 0.15) is 52.9 Å². The molecule has 5 heteroatoms. The molecule has 0 saturated carbocycles. The molecule has 102 valence electrons. The Morgan fingerprint density at radius 2 is 2.17 bits per heavy atom. The fraction of sp³-hybridized carbons (Fsp3) is 0.769. The number of carbonyl (C=O) groups is 1. The van der Waals surface area contributed by atoms with Crippen LogP contribution < -0.4 is 0 Å². The molecule has 1 rings (SSSR count). The Bertz CT molecular complexity index is 401. The first-order valence-electron chi connectivity index (χ1n) is 6.50. The van der Waals surface area contributed by atoms with Gasteiger partial charge in [0.1, 0.15) is 17.8 Å². The highest BCUT2D eigenvalue weighted by Crippen LogP contribution is 2.19. The van der Waals surface area contributed by atoms with Crippen LogP contribution in [0.25, 0.3) is 0 Å². The molecule has 1 aromatic rings. The first-order valence-corrected chi connectivity index (χ1v) is 6.50. The first-order chi connectivity index (χ1) is 8.44. The molecule has 1 unspecified atom stereocenters. The number of hydrogen-bond donors (Lipinski definition) is 0. The lowest BCUT2D eigenvalue weighted by Gasteiger charge is -2.26. The standard InChI is InChI=1S/C13H23N3O2/c1-6-13(5,18-7-2)11(17)8-12-14-9-15-16(12)10(3)4/h9-10H,6-8H2,1-5H3. The smallest absolute Gasteiger partial charge is 0.171 e. The Kier molecular flexibility index (Phi) is 5.02. The highest BCUT2D eigenvalue weighted by Gasteiger charge is 2.32. The lowest BCUT2D eigenvalue weighted by atomic mass is 9.95. The van der Waals surface area contributed by atoms with E-state index in [0.717, 1.165) is 0 Å². The largest absolute Gasteiger partial charge is 0.368 e. The summed E-state index contributed by atoms with van der Waals surface area (Å²) in [5, 5.41) is 4.14. The van der Waals surface area contributed by atoms with E-state index in [4.69, 9.17) is 4.74 Å². The van der Waals surface area contributed by atoms with Crippen LogP contribution in [0.3, 0.4) is 0 Å². The molecule has 1 atom stereocenters. The zero-order chi connectivity index (χ0) is 13.8. The van der Waals surface area contributed by atoms with E-state index >= 15 is 0 Å². The molecule has 0 aliphatic carbocycles. The number of ether oxygens (including phenoxy) is 1. The molecule has 1 heterocycles. The maximum Gasteiger partial charge on any atom is 0.171 e. The van der Waals surface area contributed by atoms with Crippen LogP contribution in [0.15, 0.2) is 6.33 Å². The molecule has 5 nitrogen and oxygen atoms in total. The van der Waals surface area contributed by atoms with Crippen molar-refractivity contribution in [2.75, 3.05) is 6.61 Å². The Morgan fingerprint density at radius 3 is 2.67 bits per heavy atom. The maximum atomic E-state index is 12.3. The molecule has 0 amide bonds. The van der Waals surface area contributed by atoms with Gasteiger partial charge in [0.15, 0.2) is 5.78 Å². The summed E-state index contributed by atoms with van der Waals surface area (Å²) in [5.74, 6) is 0.760. The van der Waals surface area contributed by atoms with Gasteiger partial charge in [0.05, 0.1) is 6.42 Å². The predicted molar refractivity (Wildman–Crippen MR) is 69.4 cm³/mol. The van der Waals surface area contributed by atoms with Crippen molar-refractivity contribution in [1.29, 1.82) is 0 Å². The summed E-state index contributed by atoms with van der Waals surface area (Å²) in [4.78, 5) is 16.5. The Balaban J connectivity index is 2.83. The molecule has 1 aromatic heterocycles. The fourth-order valence-corrected chi connectivity index (χ4v) is 1.86. The number of Topliss-reactive ketones (excluding diaryl/α,β-unsaturated/α-hetero) is 1. The lowest BCUT2D eigenvalue weighted by molar-refractivity contribution is -0.141. The number of hydrogen-bond acceptors (Lipinski definition) is 4. The van der Waals surface area contributed by atoms with E-state index in [1.807, 2.05) is 34.6 Å². The summed E-state index contributed by atoms with van der Waals surface area (Å²) in [6.07, 6.45) is 2.42. The molecule has 0 aliphatic heterocycles. The highest BCUT2D eigenvalue weighted by molar-refractivity contribution is 5.88. The van der Waals surface area contributed by atoms with Crippen molar-refractivity contribution >= 4 is 5.78 Å². The summed E-state index contributed by atoms with van der Waals surface area (Å²) in [6.45, 7) is 10.3. The van der Waals surface area contributed by atoms with Gasteiger partial charge in [-0.15, -0.1) is 0 Å². The van der Waals surface area contributed by atoms with Crippen LogP contribution in [0.4, 0.5) is 0 Å². The highest BCUT2D eigenvalue weighted by atomic mass is 16.5. The normalized spacial score (nSPS) is 14.8. The van der Waals surface area contributed by atoms with E-state index in [1.165, 1.54) is 6.33 Å². The van der Waals surface area contributed by atoms with E-state index < -0.39 is 5.60 Å². The number of nitrogens with zero attached hydrogens (tertiary/aromatic N) is 3. The summed E-state index contributed by atoms with van der Waals surface area (Å²) >= 11 is 0. The van der Waals surface area contributed by atoms with Crippen molar-refractivity contribution in [3.63, 3.8) is 0 Å². The van der Waals surface area contributed by atoms with Crippen LogP contribution in [-0.4, -0.2) is 32.8 Å². The van der Waals surface area contributed by atoms with Crippen LogP contribution in [0, 0.1) is 0 Å². The zero-order valence-electron chi connectivity index (χ0n) is 11.9. The van der Waals surface area contributed by atoms with Crippen molar-refractivity contribution in [2.45, 2.75) is 59.1 Å². The molecular formula is C13H23N3O2. The fourth-order valence-electron chi connectivity index (χ4n) is 1.86. The van der Waals surface area contributed by atoms with E-state index in [-0.39, 0.29) is 18.2 Å². The van der Waals surface area contributed by atoms with Crippen LogP contribution in [-0.2, 0) is 16.0 Å². The van der Waals surface area contributed by atoms with Gasteiger partial charge in [0.2, 0.25) is 0 Å². The molecule has 0 fully saturated rings. The van der Waals surface area contributed by atoms with E-state index in [1.54, 1.807) is 4.68 Å². The van der Waals surface area contributed by atoms with Crippen LogP contribution >= 0.6 is 0 Å². The third-order valence-corrected chi connectivity index (χ3v) is 3.18. The minimum absolute atomic E-state index is 0.0572. The minimum atomic E-state index is -0.720. The predicted octanol–water partition coefficient (Wildman–Crippen LogP) is 2.18. The second kappa shape index (κ2) is 6.09. The molecule has 0 saturated heterocycles. The summed E-state index contributed by atoms with van der Waals surface area (Å²) in [5.41, 5.74) is -0.720. The van der Waals surface area contributed by atoms with Gasteiger partial charge in [0, 0.05) is 12.6 Å². The van der Waals surface area contributed by atoms with E-state index in [9.17, 15) is 4.79 Å². The Hall–Kier alpha value is -1.23. The average Bonchev–Trinajstić information content (AvgIpc) is 2.77. The van der Waals surface area contributed by atoms with Crippen LogP contribution in [0.2, 0.25) is 0 Å². The SMILES string of the molecule is CCOC(C)(CC)C(=O)Cc1ncnn1C(C)C. The molecule has 18 heavy (non-hydrogen) atoms. The van der Waals surface area contributed by atoms with Gasteiger partial charge in [-0.2, -0.15) is 5.10 Å². The molecular weight excluding hydrogens is 230 g/mol. The third-order valence-electron chi connectivity index (χ3n) is 3.18. The second-order valence-corrected chi connectivity index (χ2v) is 4.83. The first kappa shape index (κ1) is 14.8. The van der Waals surface area contributed by atoms with Crippen molar-refractivity contribution in [3.05, 3.63) is 12.2 Å². The lowest BCUT2D eigenvalue weighted by Crippen LogP contribution is -2.39. The Labute approximate surface area is 109 Å². The van der Waals surface area contributed by atoms with E-state index in [2.05, 4.69) is 10.1 Å². The molecule has 0 aliphatic rings. The zero-order valence-corrected chi connectivity index (χ0v) is 11.9. The third kappa shape index (κ3) is 3.16. The molecule has 0 bridgehead atoms. The van der Waals surface area contributed by atoms with Gasteiger partial charge < -0.3 is 4.74 Å². The summed E-state index contributed by atoms with van der Waals surface area (Å²) in [7, 11) is 0. The van der Waals surface area contributed by atoms with Gasteiger partial charge in [-0.25, -0.2) is 9.67 Å². The van der Waals surface area contributed by atoms with Crippen molar-refractivity contribution < 1.29 is 9.53 Å². The monoisotopic (exact) mass is 253 g/mol. The number of rotatable bonds is 7. The molecule has 0 aromatic carbocycles. The van der Waals surface area contributed by atoms with Gasteiger partial charge in [-0.3, -0.25) is 4.79 Å². The van der Waals surface area contributed by atoms with Gasteiger partial charge in [-0.1, -0.05) is 6.92 Å². The second-order valence-electron chi connectivity index (χ2n) is 4.83. The molecule has 0 radical (unpaired) electrons. The van der Waals surface area contributed by atoms with E-state index in [0.29, 0.717) is 18.9 Å². The number of aromatic nitrogens is 3.